The van der Waals surface area contributed by atoms with E-state index >= 15 is 0 Å². The second kappa shape index (κ2) is 5.62. The summed E-state index contributed by atoms with van der Waals surface area (Å²) in [5, 5.41) is 0. The highest BCUT2D eigenvalue weighted by Gasteiger charge is 2.31. The van der Waals surface area contributed by atoms with Crippen LogP contribution in [0.1, 0.15) is 31.9 Å². The Morgan fingerprint density at radius 2 is 1.88 bits per heavy atom. The highest BCUT2D eigenvalue weighted by atomic mass is 16.5. The van der Waals surface area contributed by atoms with Crippen molar-refractivity contribution in [3.8, 4) is 0 Å². The lowest BCUT2D eigenvalue weighted by Crippen LogP contribution is -2.31. The Hall–Kier alpha value is -1.64. The Morgan fingerprint density at radius 1 is 1.29 bits per heavy atom. The van der Waals surface area contributed by atoms with E-state index in [1.165, 1.54) is 0 Å². The van der Waals surface area contributed by atoms with Crippen molar-refractivity contribution in [3.05, 3.63) is 35.4 Å². The number of carbonyl (C=O) groups excluding carboxylic acids is 2. The van der Waals surface area contributed by atoms with Crippen LogP contribution in [0.2, 0.25) is 0 Å². The van der Waals surface area contributed by atoms with Gasteiger partial charge in [0, 0.05) is 6.42 Å². The first-order valence-corrected chi connectivity index (χ1v) is 5.72. The lowest BCUT2D eigenvalue weighted by molar-refractivity contribution is -0.148. The maximum absolute atomic E-state index is 11.8. The van der Waals surface area contributed by atoms with Gasteiger partial charge in [0.25, 0.3) is 0 Å². The summed E-state index contributed by atoms with van der Waals surface area (Å²) in [5.74, 6) is -0.233. The molecule has 0 N–H and O–H groups in total. The van der Waals surface area contributed by atoms with Crippen LogP contribution < -0.4 is 0 Å². The molecule has 17 heavy (non-hydrogen) atoms. The van der Waals surface area contributed by atoms with Gasteiger partial charge in [-0.15, -0.1) is 0 Å². The molecule has 3 heteroatoms. The van der Waals surface area contributed by atoms with Crippen LogP contribution in [0.25, 0.3) is 0 Å². The van der Waals surface area contributed by atoms with Crippen LogP contribution in [0.4, 0.5) is 0 Å². The van der Waals surface area contributed by atoms with Crippen LogP contribution >= 0.6 is 0 Å². The predicted octanol–water partition coefficient (Wildman–Crippen LogP) is 2.27. The molecule has 0 fully saturated rings. The molecule has 0 aliphatic carbocycles. The van der Waals surface area contributed by atoms with E-state index in [2.05, 4.69) is 0 Å². The smallest absolute Gasteiger partial charge is 0.315 e. The first kappa shape index (κ1) is 13.4. The summed E-state index contributed by atoms with van der Waals surface area (Å²) >= 11 is 0. The van der Waals surface area contributed by atoms with Crippen molar-refractivity contribution in [1.82, 2.24) is 0 Å². The fraction of sp³-hybridized carbons (Fsp3) is 0.429. The lowest BCUT2D eigenvalue weighted by Gasteiger charge is -2.22. The van der Waals surface area contributed by atoms with Crippen molar-refractivity contribution >= 4 is 12.3 Å². The molecule has 0 saturated heterocycles. The molecule has 1 aromatic rings. The zero-order chi connectivity index (χ0) is 12.9. The van der Waals surface area contributed by atoms with Gasteiger partial charge in [0.15, 0.2) is 0 Å². The van der Waals surface area contributed by atoms with Crippen LogP contribution in [0, 0.1) is 0 Å². The third-order valence-corrected chi connectivity index (χ3v) is 2.78. The Balaban J connectivity index is 2.91. The zero-order valence-electron chi connectivity index (χ0n) is 10.5. The van der Waals surface area contributed by atoms with E-state index < -0.39 is 5.41 Å². The summed E-state index contributed by atoms with van der Waals surface area (Å²) in [6.07, 6.45) is 1.27. The molecule has 0 unspecified atom stereocenters. The molecule has 3 nitrogen and oxygen atoms in total. The minimum Gasteiger partial charge on any atom is -0.465 e. The Labute approximate surface area is 102 Å². The molecule has 0 atom stereocenters. The van der Waals surface area contributed by atoms with Crippen LogP contribution in [0.3, 0.4) is 0 Å². The van der Waals surface area contributed by atoms with Crippen LogP contribution in [-0.2, 0) is 26.2 Å². The van der Waals surface area contributed by atoms with E-state index in [1.54, 1.807) is 6.92 Å². The number of rotatable bonds is 5. The summed E-state index contributed by atoms with van der Waals surface area (Å²) in [6, 6.07) is 7.47. The third kappa shape index (κ3) is 3.16. The summed E-state index contributed by atoms with van der Waals surface area (Å²) in [4.78, 5) is 22.2. The number of hydrogen-bond acceptors (Lipinski definition) is 3. The van der Waals surface area contributed by atoms with Gasteiger partial charge in [0.05, 0.1) is 12.0 Å². The number of aldehydes is 1. The topological polar surface area (TPSA) is 43.4 Å². The van der Waals surface area contributed by atoms with Crippen molar-refractivity contribution in [2.45, 2.75) is 32.6 Å². The normalized spacial score (nSPS) is 11.0. The van der Waals surface area contributed by atoms with Gasteiger partial charge in [-0.05, 0) is 31.9 Å². The number of esters is 1. The average molecular weight is 234 g/mol. The zero-order valence-corrected chi connectivity index (χ0v) is 10.5. The molecule has 0 bridgehead atoms. The molecule has 0 spiro atoms. The van der Waals surface area contributed by atoms with Crippen LogP contribution in [0.15, 0.2) is 24.3 Å². The highest BCUT2D eigenvalue weighted by molar-refractivity contribution is 5.82. The van der Waals surface area contributed by atoms with Gasteiger partial charge in [-0.1, -0.05) is 24.3 Å². The first-order valence-electron chi connectivity index (χ1n) is 5.72. The maximum Gasteiger partial charge on any atom is 0.315 e. The Morgan fingerprint density at radius 3 is 2.35 bits per heavy atom. The minimum absolute atomic E-state index is 0.233. The lowest BCUT2D eigenvalue weighted by atomic mass is 9.84. The number of carbonyl (C=O) groups is 2. The van der Waals surface area contributed by atoms with Gasteiger partial charge in [-0.2, -0.15) is 0 Å². The molecular weight excluding hydrogens is 216 g/mol. The van der Waals surface area contributed by atoms with E-state index in [0.717, 1.165) is 17.4 Å². The predicted molar refractivity (Wildman–Crippen MR) is 65.9 cm³/mol. The van der Waals surface area contributed by atoms with Gasteiger partial charge < -0.3 is 9.53 Å². The van der Waals surface area contributed by atoms with Gasteiger partial charge in [-0.3, -0.25) is 4.79 Å². The largest absolute Gasteiger partial charge is 0.465 e. The van der Waals surface area contributed by atoms with Crippen molar-refractivity contribution in [3.63, 3.8) is 0 Å². The van der Waals surface area contributed by atoms with Gasteiger partial charge in [-0.25, -0.2) is 0 Å². The fourth-order valence-corrected chi connectivity index (χ4v) is 1.58. The molecule has 0 heterocycles. The van der Waals surface area contributed by atoms with Gasteiger partial charge in [0.2, 0.25) is 0 Å². The monoisotopic (exact) mass is 234 g/mol. The van der Waals surface area contributed by atoms with Crippen molar-refractivity contribution in [2.75, 3.05) is 6.61 Å². The Bertz CT molecular complexity index is 390. The fourth-order valence-electron chi connectivity index (χ4n) is 1.58. The van der Waals surface area contributed by atoms with Crippen molar-refractivity contribution < 1.29 is 14.3 Å². The van der Waals surface area contributed by atoms with Crippen LogP contribution in [0.5, 0.6) is 0 Å². The van der Waals surface area contributed by atoms with E-state index in [1.807, 2.05) is 38.1 Å². The third-order valence-electron chi connectivity index (χ3n) is 2.78. The highest BCUT2D eigenvalue weighted by Crippen LogP contribution is 2.25. The maximum atomic E-state index is 11.8. The molecule has 0 aliphatic heterocycles. The van der Waals surface area contributed by atoms with Crippen LogP contribution in [-0.4, -0.2) is 18.9 Å². The molecule has 1 rings (SSSR count). The second-order valence-corrected chi connectivity index (χ2v) is 4.41. The van der Waals surface area contributed by atoms with E-state index in [-0.39, 0.29) is 5.97 Å². The molecule has 0 saturated carbocycles. The minimum atomic E-state index is -0.657. The summed E-state index contributed by atoms with van der Waals surface area (Å²) < 4.78 is 5.04. The first-order chi connectivity index (χ1) is 8.02. The van der Waals surface area contributed by atoms with E-state index in [9.17, 15) is 9.59 Å². The molecule has 0 aromatic heterocycles. The summed E-state index contributed by atoms with van der Waals surface area (Å²) in [7, 11) is 0. The summed E-state index contributed by atoms with van der Waals surface area (Å²) in [6.45, 7) is 5.84. The number of hydrogen-bond donors (Lipinski definition) is 0. The van der Waals surface area contributed by atoms with Crippen molar-refractivity contribution in [2.24, 2.45) is 0 Å². The SMILES string of the molecule is CCOC(=O)C(C)(C)c1ccc(CC=O)cc1. The standard InChI is InChI=1S/C14H18O3/c1-4-17-13(16)14(2,3)12-7-5-11(6-8-12)9-10-15/h5-8,10H,4,9H2,1-3H3. The molecule has 1 aromatic carbocycles. The van der Waals surface area contributed by atoms with Crippen molar-refractivity contribution in [1.29, 1.82) is 0 Å². The summed E-state index contributed by atoms with van der Waals surface area (Å²) in [5.41, 5.74) is 1.18. The van der Waals surface area contributed by atoms with Gasteiger partial charge in [0.1, 0.15) is 6.29 Å². The molecule has 0 amide bonds. The molecule has 92 valence electrons. The van der Waals surface area contributed by atoms with E-state index in [0.29, 0.717) is 13.0 Å². The number of benzene rings is 1. The average Bonchev–Trinajstić information content (AvgIpc) is 2.30. The molecule has 0 radical (unpaired) electrons. The van der Waals surface area contributed by atoms with Gasteiger partial charge >= 0.3 is 5.97 Å². The second-order valence-electron chi connectivity index (χ2n) is 4.41. The molecular formula is C14H18O3. The quantitative estimate of drug-likeness (QED) is 0.580. The Kier molecular flexibility index (Phi) is 4.44. The van der Waals surface area contributed by atoms with E-state index in [4.69, 9.17) is 4.74 Å². The number of ether oxygens (including phenoxy) is 1. The molecule has 0 aliphatic rings.